The Kier molecular flexibility index (Phi) is 10.2. The first kappa shape index (κ1) is 28.9. The molecule has 1 unspecified atom stereocenters. The molecule has 1 atom stereocenters. The van der Waals surface area contributed by atoms with Crippen LogP contribution < -0.4 is 11.1 Å². The number of nitrogens with zero attached hydrogens (tertiary/aromatic N) is 3. The van der Waals surface area contributed by atoms with Gasteiger partial charge in [0.15, 0.2) is 0 Å². The molecule has 0 saturated carbocycles. The van der Waals surface area contributed by atoms with Crippen LogP contribution in [0.1, 0.15) is 25.6 Å². The Morgan fingerprint density at radius 1 is 0.872 bits per heavy atom. The number of anilines is 2. The predicted octanol–water partition coefficient (Wildman–Crippen LogP) is 7.03. The lowest BCUT2D eigenvalue weighted by atomic mass is 9.93. The van der Waals surface area contributed by atoms with Gasteiger partial charge in [-0.2, -0.15) is 0 Å². The van der Waals surface area contributed by atoms with E-state index in [1.54, 1.807) is 12.4 Å². The lowest BCUT2D eigenvalue weighted by Gasteiger charge is -2.25. The van der Waals surface area contributed by atoms with Gasteiger partial charge in [-0.1, -0.05) is 80.0 Å². The molecule has 3 N–H and O–H groups in total. The lowest BCUT2D eigenvalue weighted by Crippen LogP contribution is -2.19. The van der Waals surface area contributed by atoms with E-state index in [1.165, 1.54) is 0 Å². The number of aromatic nitrogens is 3. The SMILES string of the molecule is C=O.C=O.CC(C)C(Nc1nc(Cl)c(-c2cncc(N)c2)c2cccc(-c3ccccc3)c12)c1ccccn1. The summed E-state index contributed by atoms with van der Waals surface area (Å²) < 4.78 is 0. The molecule has 198 valence electrons. The molecular formula is C31H30ClN5O2. The van der Waals surface area contributed by atoms with E-state index in [9.17, 15) is 0 Å². The Morgan fingerprint density at radius 2 is 1.59 bits per heavy atom. The van der Waals surface area contributed by atoms with Crippen LogP contribution in [0.25, 0.3) is 33.0 Å². The molecule has 5 aromatic rings. The molecule has 0 fully saturated rings. The summed E-state index contributed by atoms with van der Waals surface area (Å²) in [5.41, 5.74) is 11.4. The van der Waals surface area contributed by atoms with E-state index < -0.39 is 0 Å². The second-order valence-electron chi connectivity index (χ2n) is 8.85. The summed E-state index contributed by atoms with van der Waals surface area (Å²) in [6.07, 6.45) is 5.21. The number of carbonyl (C=O) groups is 2. The van der Waals surface area contributed by atoms with Crippen LogP contribution in [0.5, 0.6) is 0 Å². The Balaban J connectivity index is 0.00000100. The largest absolute Gasteiger partial charge is 0.397 e. The minimum absolute atomic E-state index is 0.0494. The normalized spacial score (nSPS) is 11.1. The molecule has 5 rings (SSSR count). The van der Waals surface area contributed by atoms with Crippen molar-refractivity contribution in [3.8, 4) is 22.3 Å². The summed E-state index contributed by atoms with van der Waals surface area (Å²) in [6.45, 7) is 8.34. The van der Waals surface area contributed by atoms with E-state index >= 15 is 0 Å². The van der Waals surface area contributed by atoms with Crippen LogP contribution in [0, 0.1) is 5.92 Å². The fraction of sp³-hybridized carbons (Fsp3) is 0.129. The third-order valence-corrected chi connectivity index (χ3v) is 6.36. The molecule has 0 aliphatic rings. The zero-order chi connectivity index (χ0) is 28.4. The minimum Gasteiger partial charge on any atom is -0.397 e. The zero-order valence-electron chi connectivity index (χ0n) is 21.8. The van der Waals surface area contributed by atoms with Crippen LogP contribution in [-0.2, 0) is 9.59 Å². The van der Waals surface area contributed by atoms with Crippen LogP contribution in [0.2, 0.25) is 5.15 Å². The molecule has 0 aliphatic carbocycles. The monoisotopic (exact) mass is 539 g/mol. The van der Waals surface area contributed by atoms with Gasteiger partial charge in [-0.3, -0.25) is 9.97 Å². The summed E-state index contributed by atoms with van der Waals surface area (Å²) in [7, 11) is 0. The van der Waals surface area contributed by atoms with Gasteiger partial charge in [0.25, 0.3) is 0 Å². The standard InChI is InChI=1S/C29H26ClN5.2CH2O/c1-18(2)27(24-13-6-7-14-33-24)34-29-26-22(19-9-4-3-5-10-19)11-8-12-23(26)25(28(30)35-29)20-15-21(31)17-32-16-20;2*1-2/h3-18,27H,31H2,1-2H3,(H,34,35);2*1H2. The number of hydrogen-bond donors (Lipinski definition) is 2. The first-order valence-corrected chi connectivity index (χ1v) is 12.5. The predicted molar refractivity (Wildman–Crippen MR) is 160 cm³/mol. The molecular weight excluding hydrogens is 510 g/mol. The average molecular weight is 540 g/mol. The van der Waals surface area contributed by atoms with E-state index in [4.69, 9.17) is 31.9 Å². The molecule has 0 radical (unpaired) electrons. The first-order valence-electron chi connectivity index (χ1n) is 12.2. The van der Waals surface area contributed by atoms with Crippen LogP contribution in [0.15, 0.2) is 91.4 Å². The van der Waals surface area contributed by atoms with Gasteiger partial charge >= 0.3 is 0 Å². The van der Waals surface area contributed by atoms with Crippen LogP contribution in [0.4, 0.5) is 11.5 Å². The molecule has 7 nitrogen and oxygen atoms in total. The Hall–Kier alpha value is -4.62. The van der Waals surface area contributed by atoms with E-state index in [1.807, 2.05) is 68.3 Å². The van der Waals surface area contributed by atoms with Crippen molar-refractivity contribution in [1.29, 1.82) is 0 Å². The van der Waals surface area contributed by atoms with Crippen LogP contribution in [0.3, 0.4) is 0 Å². The molecule has 0 amide bonds. The van der Waals surface area contributed by atoms with Gasteiger partial charge in [0.05, 0.1) is 17.4 Å². The number of rotatable bonds is 6. The summed E-state index contributed by atoms with van der Waals surface area (Å²) in [5.74, 6) is 0.983. The minimum atomic E-state index is -0.0494. The van der Waals surface area contributed by atoms with Crippen molar-refractivity contribution in [3.05, 3.63) is 102 Å². The van der Waals surface area contributed by atoms with Crippen molar-refractivity contribution in [2.75, 3.05) is 11.1 Å². The number of benzene rings is 2. The molecule has 3 heterocycles. The maximum absolute atomic E-state index is 8.00. The van der Waals surface area contributed by atoms with Crippen molar-refractivity contribution < 1.29 is 9.59 Å². The second kappa shape index (κ2) is 13.8. The second-order valence-corrected chi connectivity index (χ2v) is 9.21. The van der Waals surface area contributed by atoms with Gasteiger partial charge in [0, 0.05) is 35.1 Å². The van der Waals surface area contributed by atoms with Gasteiger partial charge in [0.1, 0.15) is 24.5 Å². The summed E-state index contributed by atoms with van der Waals surface area (Å²) in [4.78, 5) is 29.8. The van der Waals surface area contributed by atoms with Crippen molar-refractivity contribution in [2.45, 2.75) is 19.9 Å². The molecule has 3 aromatic heterocycles. The van der Waals surface area contributed by atoms with Crippen LogP contribution in [-0.4, -0.2) is 28.5 Å². The van der Waals surface area contributed by atoms with Crippen molar-refractivity contribution in [2.24, 2.45) is 5.92 Å². The number of carbonyl (C=O) groups excluding carboxylic acids is 2. The Bertz CT molecular complexity index is 1510. The van der Waals surface area contributed by atoms with Gasteiger partial charge in [-0.15, -0.1) is 0 Å². The maximum atomic E-state index is 8.00. The fourth-order valence-electron chi connectivity index (χ4n) is 4.46. The highest BCUT2D eigenvalue weighted by Gasteiger charge is 2.23. The smallest absolute Gasteiger partial charge is 0.140 e. The molecule has 0 bridgehead atoms. The molecule has 39 heavy (non-hydrogen) atoms. The Morgan fingerprint density at radius 3 is 2.23 bits per heavy atom. The zero-order valence-corrected chi connectivity index (χ0v) is 22.6. The third-order valence-electron chi connectivity index (χ3n) is 6.09. The number of nitrogen functional groups attached to an aromatic ring is 1. The van der Waals surface area contributed by atoms with Gasteiger partial charge in [0.2, 0.25) is 0 Å². The number of nitrogens with one attached hydrogen (secondary N) is 1. The van der Waals surface area contributed by atoms with Gasteiger partial charge in [-0.05, 0) is 40.6 Å². The molecule has 8 heteroatoms. The first-order chi connectivity index (χ1) is 19.0. The molecule has 0 aliphatic heterocycles. The fourth-order valence-corrected chi connectivity index (χ4v) is 4.75. The topological polar surface area (TPSA) is 111 Å². The summed E-state index contributed by atoms with van der Waals surface area (Å²) in [6, 6.07) is 24.3. The Labute approximate surface area is 233 Å². The molecule has 0 saturated heterocycles. The van der Waals surface area contributed by atoms with Crippen LogP contribution >= 0.6 is 11.6 Å². The van der Waals surface area contributed by atoms with Crippen molar-refractivity contribution >= 4 is 47.5 Å². The average Bonchev–Trinajstić information content (AvgIpc) is 2.98. The highest BCUT2D eigenvalue weighted by atomic mass is 35.5. The summed E-state index contributed by atoms with van der Waals surface area (Å²) in [5, 5.41) is 6.04. The van der Waals surface area contributed by atoms with E-state index in [0.29, 0.717) is 10.8 Å². The lowest BCUT2D eigenvalue weighted by molar-refractivity contribution is -0.0987. The number of fused-ring (bicyclic) bond motifs is 1. The summed E-state index contributed by atoms with van der Waals surface area (Å²) >= 11 is 6.87. The van der Waals surface area contributed by atoms with Crippen molar-refractivity contribution in [1.82, 2.24) is 15.0 Å². The highest BCUT2D eigenvalue weighted by molar-refractivity contribution is 6.34. The maximum Gasteiger partial charge on any atom is 0.140 e. The van der Waals surface area contributed by atoms with E-state index in [2.05, 4.69) is 53.4 Å². The van der Waals surface area contributed by atoms with Gasteiger partial charge in [-0.25, -0.2) is 4.98 Å². The third kappa shape index (κ3) is 6.45. The molecule has 0 spiro atoms. The van der Waals surface area contributed by atoms with Gasteiger partial charge < -0.3 is 20.6 Å². The quantitative estimate of drug-likeness (QED) is 0.223. The molecule has 2 aromatic carbocycles. The number of hydrogen-bond acceptors (Lipinski definition) is 7. The number of halogens is 1. The van der Waals surface area contributed by atoms with E-state index in [-0.39, 0.29) is 12.0 Å². The van der Waals surface area contributed by atoms with E-state index in [0.717, 1.165) is 44.5 Å². The van der Waals surface area contributed by atoms with Crippen molar-refractivity contribution in [3.63, 3.8) is 0 Å². The highest BCUT2D eigenvalue weighted by Crippen LogP contribution is 2.43. The number of pyridine rings is 3. The number of nitrogens with two attached hydrogens (primary N) is 1.